The van der Waals surface area contributed by atoms with Gasteiger partial charge in [-0.3, -0.25) is 4.79 Å². The molecule has 4 rings (SSSR count). The molecular weight excluding hydrogens is 637 g/mol. The van der Waals surface area contributed by atoms with Gasteiger partial charge < -0.3 is 24.8 Å². The molecule has 2 aliphatic heterocycles. The molecule has 0 radical (unpaired) electrons. The van der Waals surface area contributed by atoms with Gasteiger partial charge in [-0.15, -0.1) is 0 Å². The molecule has 0 aromatic heterocycles. The van der Waals surface area contributed by atoms with E-state index in [0.717, 1.165) is 0 Å². The lowest BCUT2D eigenvalue weighted by Gasteiger charge is -2.37. The van der Waals surface area contributed by atoms with Crippen molar-refractivity contribution < 1.29 is 49.9 Å². The molecule has 0 bridgehead atoms. The number of urea groups is 1. The van der Waals surface area contributed by atoms with Crippen molar-refractivity contribution in [3.8, 4) is 0 Å². The lowest BCUT2D eigenvalue weighted by Crippen LogP contribution is -2.54. The minimum absolute atomic E-state index is 0.00413. The first kappa shape index (κ1) is 35.8. The van der Waals surface area contributed by atoms with Crippen LogP contribution in [0.2, 0.25) is 0 Å². The van der Waals surface area contributed by atoms with Crippen LogP contribution in [0.15, 0.2) is 42.5 Å². The summed E-state index contributed by atoms with van der Waals surface area (Å²) in [4.78, 5) is 44.2. The standard InChI is InChI=1S/C32H37F7N4O4/c1-29(2,3)47-28(46)42-12-10-41(11-13-42)27(45)43-17-24(19-6-8-23(33)9-7-19)25(18-43)40-26(44)30(4,5)20-14-21(31(34,35)36)16-22(15-20)32(37,38)39/h6-9,14-16,24-25H,10-13,17-18H2,1-5H3,(H,40,44)/t24-,25+/m0/s1. The van der Waals surface area contributed by atoms with Gasteiger partial charge in [-0.1, -0.05) is 12.1 Å². The molecule has 0 unspecified atom stereocenters. The van der Waals surface area contributed by atoms with Crippen molar-refractivity contribution in [2.75, 3.05) is 39.3 Å². The number of nitrogens with one attached hydrogen (secondary N) is 1. The second-order valence-electron chi connectivity index (χ2n) is 13.3. The molecule has 0 aliphatic carbocycles. The first-order chi connectivity index (χ1) is 21.6. The van der Waals surface area contributed by atoms with Crippen LogP contribution >= 0.6 is 0 Å². The normalized spacial score (nSPS) is 19.5. The van der Waals surface area contributed by atoms with Crippen LogP contribution in [-0.4, -0.2) is 83.6 Å². The fourth-order valence-corrected chi connectivity index (χ4v) is 5.56. The number of hydrogen-bond donors (Lipinski definition) is 1. The van der Waals surface area contributed by atoms with Gasteiger partial charge in [-0.25, -0.2) is 14.0 Å². The molecule has 0 saturated carbocycles. The molecule has 1 N–H and O–H groups in total. The maximum atomic E-state index is 13.7. The van der Waals surface area contributed by atoms with E-state index >= 15 is 0 Å². The first-order valence-corrected chi connectivity index (χ1v) is 14.9. The molecule has 2 saturated heterocycles. The van der Waals surface area contributed by atoms with Gasteiger partial charge in [0.1, 0.15) is 11.4 Å². The second kappa shape index (κ2) is 12.9. The summed E-state index contributed by atoms with van der Waals surface area (Å²) in [5.74, 6) is -1.95. The Morgan fingerprint density at radius 2 is 1.21 bits per heavy atom. The number of carbonyl (C=O) groups is 3. The largest absolute Gasteiger partial charge is 0.444 e. The quantitative estimate of drug-likeness (QED) is 0.381. The number of halogens is 7. The number of benzene rings is 2. The zero-order valence-corrected chi connectivity index (χ0v) is 26.6. The molecule has 2 aromatic carbocycles. The number of amides is 4. The van der Waals surface area contributed by atoms with E-state index in [1.807, 2.05) is 0 Å². The zero-order valence-electron chi connectivity index (χ0n) is 26.6. The number of ether oxygens (including phenoxy) is 1. The minimum Gasteiger partial charge on any atom is -0.444 e. The summed E-state index contributed by atoms with van der Waals surface area (Å²) in [6.45, 7) is 8.56. The summed E-state index contributed by atoms with van der Waals surface area (Å²) in [6, 6.07) is 5.23. The Morgan fingerprint density at radius 1 is 0.723 bits per heavy atom. The first-order valence-electron chi connectivity index (χ1n) is 14.9. The molecule has 8 nitrogen and oxygen atoms in total. The lowest BCUT2D eigenvalue weighted by molar-refractivity contribution is -0.143. The molecule has 15 heteroatoms. The Morgan fingerprint density at radius 3 is 1.70 bits per heavy atom. The topological polar surface area (TPSA) is 82.2 Å². The van der Waals surface area contributed by atoms with Crippen molar-refractivity contribution >= 4 is 18.0 Å². The van der Waals surface area contributed by atoms with Crippen LogP contribution in [-0.2, 0) is 27.3 Å². The number of alkyl halides is 6. The number of piperazine rings is 1. The Kier molecular flexibility index (Phi) is 9.80. The molecule has 0 spiro atoms. The molecule has 2 aromatic rings. The van der Waals surface area contributed by atoms with Gasteiger partial charge >= 0.3 is 24.5 Å². The van der Waals surface area contributed by atoms with Crippen molar-refractivity contribution in [3.05, 3.63) is 70.5 Å². The maximum absolute atomic E-state index is 13.7. The van der Waals surface area contributed by atoms with E-state index in [1.54, 1.807) is 20.8 Å². The van der Waals surface area contributed by atoms with E-state index in [-0.39, 0.29) is 51.4 Å². The highest BCUT2D eigenvalue weighted by molar-refractivity contribution is 5.88. The van der Waals surface area contributed by atoms with Crippen LogP contribution in [0.1, 0.15) is 62.8 Å². The summed E-state index contributed by atoms with van der Waals surface area (Å²) < 4.78 is 100. The van der Waals surface area contributed by atoms with Gasteiger partial charge in [0, 0.05) is 45.2 Å². The predicted molar refractivity (Wildman–Crippen MR) is 157 cm³/mol. The van der Waals surface area contributed by atoms with Crippen LogP contribution in [0.4, 0.5) is 40.3 Å². The summed E-state index contributed by atoms with van der Waals surface area (Å²) >= 11 is 0. The highest BCUT2D eigenvalue weighted by atomic mass is 19.4. The van der Waals surface area contributed by atoms with E-state index in [1.165, 1.54) is 52.8 Å². The number of rotatable bonds is 4. The fourth-order valence-electron chi connectivity index (χ4n) is 5.56. The second-order valence-corrected chi connectivity index (χ2v) is 13.3. The Hall–Kier alpha value is -4.04. The van der Waals surface area contributed by atoms with Crippen LogP contribution in [0.5, 0.6) is 0 Å². The van der Waals surface area contributed by atoms with Gasteiger partial charge in [-0.2, -0.15) is 26.3 Å². The van der Waals surface area contributed by atoms with E-state index in [2.05, 4.69) is 5.32 Å². The van der Waals surface area contributed by atoms with Gasteiger partial charge in [0.2, 0.25) is 5.91 Å². The monoisotopic (exact) mass is 674 g/mol. The lowest BCUT2D eigenvalue weighted by atomic mass is 9.81. The Bertz CT molecular complexity index is 1450. The van der Waals surface area contributed by atoms with Gasteiger partial charge in [-0.05, 0) is 76.1 Å². The molecule has 2 heterocycles. The van der Waals surface area contributed by atoms with Gasteiger partial charge in [0.05, 0.1) is 22.6 Å². The van der Waals surface area contributed by atoms with Crippen molar-refractivity contribution in [2.24, 2.45) is 0 Å². The SMILES string of the molecule is CC(C)(C)OC(=O)N1CCN(C(=O)N2C[C@@H](NC(=O)C(C)(C)c3cc(C(F)(F)F)cc(C(F)(F)F)c3)[C@H](c3ccc(F)cc3)C2)CC1. The minimum atomic E-state index is -5.10. The summed E-state index contributed by atoms with van der Waals surface area (Å²) in [6.07, 6.45) is -10.7. The fraction of sp³-hybridized carbons (Fsp3) is 0.531. The average molecular weight is 675 g/mol. The zero-order chi connectivity index (χ0) is 35.1. The number of carbonyl (C=O) groups excluding carboxylic acids is 3. The van der Waals surface area contributed by atoms with Crippen LogP contribution < -0.4 is 5.32 Å². The van der Waals surface area contributed by atoms with Gasteiger partial charge in [0.25, 0.3) is 0 Å². The van der Waals surface area contributed by atoms with Crippen LogP contribution in [0.25, 0.3) is 0 Å². The molecular formula is C32H37F7N4O4. The molecule has 2 atom stereocenters. The van der Waals surface area contributed by atoms with Crippen LogP contribution in [0, 0.1) is 5.82 Å². The highest BCUT2D eigenvalue weighted by Gasteiger charge is 2.44. The molecule has 47 heavy (non-hydrogen) atoms. The molecule has 258 valence electrons. The molecule has 4 amide bonds. The Labute approximate surface area is 267 Å². The van der Waals surface area contributed by atoms with Gasteiger partial charge in [0.15, 0.2) is 0 Å². The Balaban J connectivity index is 1.55. The third kappa shape index (κ3) is 8.47. The number of likely N-dealkylation sites (tertiary alicyclic amines) is 1. The summed E-state index contributed by atoms with van der Waals surface area (Å²) in [5, 5.41) is 2.75. The van der Waals surface area contributed by atoms with E-state index < -0.39 is 69.8 Å². The average Bonchev–Trinajstić information content (AvgIpc) is 3.38. The molecule has 2 aliphatic rings. The van der Waals surface area contributed by atoms with Crippen LogP contribution in [0.3, 0.4) is 0 Å². The third-order valence-electron chi connectivity index (χ3n) is 8.28. The highest BCUT2D eigenvalue weighted by Crippen LogP contribution is 2.39. The van der Waals surface area contributed by atoms with E-state index in [4.69, 9.17) is 4.74 Å². The van der Waals surface area contributed by atoms with E-state index in [9.17, 15) is 45.1 Å². The summed E-state index contributed by atoms with van der Waals surface area (Å²) in [7, 11) is 0. The van der Waals surface area contributed by atoms with E-state index in [0.29, 0.717) is 17.7 Å². The number of nitrogens with zero attached hydrogens (tertiary/aromatic N) is 3. The smallest absolute Gasteiger partial charge is 0.416 e. The summed E-state index contributed by atoms with van der Waals surface area (Å²) in [5.41, 5.74) is -5.56. The molecule has 2 fully saturated rings. The van der Waals surface area contributed by atoms with Crippen molar-refractivity contribution in [1.29, 1.82) is 0 Å². The third-order valence-corrected chi connectivity index (χ3v) is 8.28. The number of hydrogen-bond acceptors (Lipinski definition) is 4. The van der Waals surface area contributed by atoms with Crippen molar-refractivity contribution in [1.82, 2.24) is 20.0 Å². The van der Waals surface area contributed by atoms with Crippen molar-refractivity contribution in [3.63, 3.8) is 0 Å². The predicted octanol–water partition coefficient (Wildman–Crippen LogP) is 6.40. The maximum Gasteiger partial charge on any atom is 0.416 e. The van der Waals surface area contributed by atoms with Crippen molar-refractivity contribution in [2.45, 2.75) is 69.9 Å².